The number of hydrogen-bond acceptors (Lipinski definition) is 3. The van der Waals surface area contributed by atoms with Crippen LogP contribution in [0.15, 0.2) is 42.5 Å². The summed E-state index contributed by atoms with van der Waals surface area (Å²) < 4.78 is 6.03. The Morgan fingerprint density at radius 3 is 2.63 bits per heavy atom. The first kappa shape index (κ1) is 13.7. The summed E-state index contributed by atoms with van der Waals surface area (Å²) >= 11 is 2.17. The SMILES string of the molecule is COc1ccc(C(=O)Nc2ccccc2I)c(N)c1. The van der Waals surface area contributed by atoms with Gasteiger partial charge in [0.25, 0.3) is 5.91 Å². The number of nitrogens with one attached hydrogen (secondary N) is 1. The number of benzene rings is 2. The standard InChI is InChI=1S/C14H13IN2O2/c1-19-9-6-7-10(12(16)8-9)14(18)17-13-5-3-2-4-11(13)15/h2-8H,16H2,1H3,(H,17,18). The minimum Gasteiger partial charge on any atom is -0.497 e. The average molecular weight is 368 g/mol. The molecule has 0 atom stereocenters. The van der Waals surface area contributed by atoms with Crippen LogP contribution in [0.3, 0.4) is 0 Å². The number of ether oxygens (including phenoxy) is 1. The first-order valence-corrected chi connectivity index (χ1v) is 6.69. The molecule has 98 valence electrons. The molecule has 5 heteroatoms. The van der Waals surface area contributed by atoms with Crippen molar-refractivity contribution in [2.75, 3.05) is 18.2 Å². The maximum absolute atomic E-state index is 12.2. The number of methoxy groups -OCH3 is 1. The molecule has 0 aliphatic carbocycles. The summed E-state index contributed by atoms with van der Waals surface area (Å²) in [6.45, 7) is 0. The third-order valence-corrected chi connectivity index (χ3v) is 3.57. The summed E-state index contributed by atoms with van der Waals surface area (Å²) in [4.78, 5) is 12.2. The molecule has 19 heavy (non-hydrogen) atoms. The Labute approximate surface area is 125 Å². The molecule has 0 unspecified atom stereocenters. The maximum Gasteiger partial charge on any atom is 0.257 e. The molecule has 4 nitrogen and oxygen atoms in total. The fourth-order valence-electron chi connectivity index (χ4n) is 1.63. The smallest absolute Gasteiger partial charge is 0.257 e. The van der Waals surface area contributed by atoms with Crippen LogP contribution in [0.2, 0.25) is 0 Å². The molecule has 0 saturated heterocycles. The van der Waals surface area contributed by atoms with Crippen molar-refractivity contribution >= 4 is 39.9 Å². The van der Waals surface area contributed by atoms with E-state index in [-0.39, 0.29) is 5.91 Å². The molecule has 2 aromatic carbocycles. The number of rotatable bonds is 3. The Morgan fingerprint density at radius 1 is 1.26 bits per heavy atom. The van der Waals surface area contributed by atoms with E-state index in [2.05, 4.69) is 27.9 Å². The van der Waals surface area contributed by atoms with E-state index in [0.717, 1.165) is 9.26 Å². The van der Waals surface area contributed by atoms with E-state index in [9.17, 15) is 4.79 Å². The molecule has 2 aromatic rings. The third-order valence-electron chi connectivity index (χ3n) is 2.63. The van der Waals surface area contributed by atoms with Gasteiger partial charge in [0.1, 0.15) is 5.75 Å². The second-order valence-corrected chi connectivity index (χ2v) is 5.05. The van der Waals surface area contributed by atoms with Crippen LogP contribution in [-0.2, 0) is 0 Å². The highest BCUT2D eigenvalue weighted by Gasteiger charge is 2.11. The van der Waals surface area contributed by atoms with Crippen molar-refractivity contribution in [3.63, 3.8) is 0 Å². The zero-order valence-corrected chi connectivity index (χ0v) is 12.5. The van der Waals surface area contributed by atoms with Crippen molar-refractivity contribution < 1.29 is 9.53 Å². The molecule has 0 radical (unpaired) electrons. The maximum atomic E-state index is 12.2. The molecule has 0 aromatic heterocycles. The molecule has 0 aliphatic heterocycles. The predicted molar refractivity (Wildman–Crippen MR) is 84.5 cm³/mol. The van der Waals surface area contributed by atoms with Gasteiger partial charge in [0.05, 0.1) is 18.4 Å². The molecule has 0 saturated carbocycles. The van der Waals surface area contributed by atoms with Crippen LogP contribution in [-0.4, -0.2) is 13.0 Å². The highest BCUT2D eigenvalue weighted by Crippen LogP contribution is 2.22. The van der Waals surface area contributed by atoms with E-state index < -0.39 is 0 Å². The predicted octanol–water partition coefficient (Wildman–Crippen LogP) is 3.13. The number of para-hydroxylation sites is 1. The van der Waals surface area contributed by atoms with E-state index in [1.54, 1.807) is 25.3 Å². The molecular formula is C14H13IN2O2. The zero-order valence-electron chi connectivity index (χ0n) is 10.3. The molecule has 0 aliphatic rings. The highest BCUT2D eigenvalue weighted by atomic mass is 127. The number of carbonyl (C=O) groups excluding carboxylic acids is 1. The number of nitrogens with two attached hydrogens (primary N) is 1. The molecule has 2 rings (SSSR count). The minimum absolute atomic E-state index is 0.232. The van der Waals surface area contributed by atoms with Crippen molar-refractivity contribution in [2.45, 2.75) is 0 Å². The lowest BCUT2D eigenvalue weighted by Gasteiger charge is -2.10. The largest absolute Gasteiger partial charge is 0.497 e. The Kier molecular flexibility index (Phi) is 4.26. The number of amides is 1. The number of halogens is 1. The van der Waals surface area contributed by atoms with Crippen LogP contribution in [0.4, 0.5) is 11.4 Å². The van der Waals surface area contributed by atoms with E-state index in [1.807, 2.05) is 24.3 Å². The van der Waals surface area contributed by atoms with Gasteiger partial charge in [-0.3, -0.25) is 4.79 Å². The van der Waals surface area contributed by atoms with Crippen LogP contribution in [0.25, 0.3) is 0 Å². The van der Waals surface area contributed by atoms with E-state index >= 15 is 0 Å². The fourth-order valence-corrected chi connectivity index (χ4v) is 2.15. The summed E-state index contributed by atoms with van der Waals surface area (Å²) in [6, 6.07) is 12.5. The molecule has 0 bridgehead atoms. The van der Waals surface area contributed by atoms with Crippen molar-refractivity contribution in [1.82, 2.24) is 0 Å². The molecule has 0 heterocycles. The highest BCUT2D eigenvalue weighted by molar-refractivity contribution is 14.1. The van der Waals surface area contributed by atoms with Crippen molar-refractivity contribution in [2.24, 2.45) is 0 Å². The summed E-state index contributed by atoms with van der Waals surface area (Å²) in [6.07, 6.45) is 0. The second kappa shape index (κ2) is 5.92. The van der Waals surface area contributed by atoms with Crippen LogP contribution in [0.5, 0.6) is 5.75 Å². The molecular weight excluding hydrogens is 355 g/mol. The number of nitrogen functional groups attached to an aromatic ring is 1. The van der Waals surface area contributed by atoms with Gasteiger partial charge < -0.3 is 15.8 Å². The monoisotopic (exact) mass is 368 g/mol. The summed E-state index contributed by atoms with van der Waals surface area (Å²) in [5.74, 6) is 0.396. The van der Waals surface area contributed by atoms with Crippen LogP contribution < -0.4 is 15.8 Å². The van der Waals surface area contributed by atoms with Gasteiger partial charge in [0.2, 0.25) is 0 Å². The lowest BCUT2D eigenvalue weighted by Crippen LogP contribution is -2.14. The Hall–Kier alpha value is -1.76. The third kappa shape index (κ3) is 3.17. The Bertz CT molecular complexity index is 614. The fraction of sp³-hybridized carbons (Fsp3) is 0.0714. The first-order valence-electron chi connectivity index (χ1n) is 5.61. The van der Waals surface area contributed by atoms with Crippen LogP contribution in [0, 0.1) is 3.57 Å². The van der Waals surface area contributed by atoms with Crippen molar-refractivity contribution in [3.8, 4) is 5.75 Å². The summed E-state index contributed by atoms with van der Waals surface area (Å²) in [5, 5.41) is 2.84. The van der Waals surface area contributed by atoms with E-state index in [0.29, 0.717) is 17.0 Å². The van der Waals surface area contributed by atoms with Crippen LogP contribution in [0.1, 0.15) is 10.4 Å². The normalized spacial score (nSPS) is 10.0. The van der Waals surface area contributed by atoms with E-state index in [4.69, 9.17) is 10.5 Å². The first-order chi connectivity index (χ1) is 9.11. The zero-order chi connectivity index (χ0) is 13.8. The molecule has 0 spiro atoms. The molecule has 1 amide bonds. The molecule has 3 N–H and O–H groups in total. The van der Waals surface area contributed by atoms with Gasteiger partial charge in [0, 0.05) is 15.3 Å². The molecule has 0 fully saturated rings. The van der Waals surface area contributed by atoms with Gasteiger partial charge in [-0.15, -0.1) is 0 Å². The number of hydrogen-bond donors (Lipinski definition) is 2. The number of anilines is 2. The van der Waals surface area contributed by atoms with Gasteiger partial charge in [-0.25, -0.2) is 0 Å². The van der Waals surface area contributed by atoms with Crippen molar-refractivity contribution in [1.29, 1.82) is 0 Å². The topological polar surface area (TPSA) is 64.3 Å². The lowest BCUT2D eigenvalue weighted by molar-refractivity contribution is 0.102. The van der Waals surface area contributed by atoms with Gasteiger partial charge in [-0.1, -0.05) is 12.1 Å². The Morgan fingerprint density at radius 2 is 2.00 bits per heavy atom. The van der Waals surface area contributed by atoms with Gasteiger partial charge in [-0.2, -0.15) is 0 Å². The van der Waals surface area contributed by atoms with Crippen molar-refractivity contribution in [3.05, 3.63) is 51.6 Å². The summed E-state index contributed by atoms with van der Waals surface area (Å²) in [7, 11) is 1.56. The van der Waals surface area contributed by atoms with Gasteiger partial charge in [0.15, 0.2) is 0 Å². The second-order valence-electron chi connectivity index (χ2n) is 3.89. The minimum atomic E-state index is -0.232. The average Bonchev–Trinajstić information content (AvgIpc) is 2.41. The number of carbonyl (C=O) groups is 1. The van der Waals surface area contributed by atoms with E-state index in [1.165, 1.54) is 0 Å². The lowest BCUT2D eigenvalue weighted by atomic mass is 10.1. The summed E-state index contributed by atoms with van der Waals surface area (Å²) in [5.41, 5.74) is 7.44. The van der Waals surface area contributed by atoms with Crippen LogP contribution >= 0.6 is 22.6 Å². The Balaban J connectivity index is 2.23. The quantitative estimate of drug-likeness (QED) is 0.646. The van der Waals surface area contributed by atoms with Gasteiger partial charge in [-0.05, 0) is 46.9 Å². The van der Waals surface area contributed by atoms with Gasteiger partial charge >= 0.3 is 0 Å².